The minimum Gasteiger partial charge on any atom is -0.508 e. The van der Waals surface area contributed by atoms with Crippen LogP contribution in [0.1, 0.15) is 47.6 Å². The van der Waals surface area contributed by atoms with E-state index in [1.165, 1.54) is 0 Å². The molecule has 0 atom stereocenters. The zero-order valence-corrected chi connectivity index (χ0v) is 17.0. The van der Waals surface area contributed by atoms with E-state index in [1.54, 1.807) is 18.2 Å². The Morgan fingerprint density at radius 2 is 1.67 bits per heavy atom. The molecule has 27 heavy (non-hydrogen) atoms. The second-order valence-corrected chi connectivity index (χ2v) is 8.60. The maximum atomic E-state index is 10.9. The molecular weight excluding hydrogens is 367 g/mol. The summed E-state index contributed by atoms with van der Waals surface area (Å²) in [4.78, 5) is 17.8. The number of aromatic hydroxyl groups is 1. The summed E-state index contributed by atoms with van der Waals surface area (Å²) in [5.74, 6) is 0.957. The van der Waals surface area contributed by atoms with E-state index in [4.69, 9.17) is 19.3 Å². The highest BCUT2D eigenvalue weighted by atomic mass is 31.2. The van der Waals surface area contributed by atoms with Crippen molar-refractivity contribution in [3.63, 3.8) is 0 Å². The largest absolute Gasteiger partial charge is 0.508 e. The highest BCUT2D eigenvalue weighted by Crippen LogP contribution is 2.35. The molecule has 0 amide bonds. The number of rotatable bonds is 8. The molecule has 2 rings (SSSR count). The van der Waals surface area contributed by atoms with E-state index in [-0.39, 0.29) is 5.92 Å². The fourth-order valence-corrected chi connectivity index (χ4v) is 3.17. The van der Waals surface area contributed by atoms with E-state index >= 15 is 0 Å². The molecule has 0 aliphatic carbocycles. The van der Waals surface area contributed by atoms with Gasteiger partial charge in [0, 0.05) is 0 Å². The van der Waals surface area contributed by atoms with Crippen LogP contribution in [0, 0.1) is 13.8 Å². The average Bonchev–Trinajstić information content (AvgIpc) is 2.56. The lowest BCUT2D eigenvalue weighted by molar-refractivity contribution is 0.106. The summed E-state index contributed by atoms with van der Waals surface area (Å²) in [5, 5.41) is 9.90. The number of ether oxygens (including phenoxy) is 2. The third kappa shape index (κ3) is 6.36. The summed E-state index contributed by atoms with van der Waals surface area (Å²) in [5.41, 5.74) is 4.78. The van der Waals surface area contributed by atoms with Crippen molar-refractivity contribution >= 4 is 7.60 Å². The summed E-state index contributed by atoms with van der Waals surface area (Å²) in [7, 11) is -4.20. The first-order valence-corrected chi connectivity index (χ1v) is 10.5. The molecule has 0 radical (unpaired) electrons. The van der Waals surface area contributed by atoms with Crippen LogP contribution in [0.4, 0.5) is 0 Å². The highest BCUT2D eigenvalue weighted by Gasteiger charge is 2.15. The monoisotopic (exact) mass is 394 g/mol. The predicted molar refractivity (Wildman–Crippen MR) is 104 cm³/mol. The molecule has 148 valence electrons. The molecule has 0 saturated heterocycles. The molecule has 2 aromatic rings. The van der Waals surface area contributed by atoms with Gasteiger partial charge in [-0.2, -0.15) is 0 Å². The molecule has 7 heteroatoms. The van der Waals surface area contributed by atoms with Crippen LogP contribution >= 0.6 is 7.60 Å². The van der Waals surface area contributed by atoms with Crippen LogP contribution in [0.5, 0.6) is 11.5 Å². The van der Waals surface area contributed by atoms with Gasteiger partial charge in [0.15, 0.2) is 6.35 Å². The molecule has 6 nitrogen and oxygen atoms in total. The van der Waals surface area contributed by atoms with Gasteiger partial charge in [0.25, 0.3) is 0 Å². The molecular formula is C20H27O6P. The van der Waals surface area contributed by atoms with Gasteiger partial charge in [-0.3, -0.25) is 4.57 Å². The Bertz CT molecular complexity index is 817. The van der Waals surface area contributed by atoms with Gasteiger partial charge in [0.2, 0.25) is 0 Å². The Balaban J connectivity index is 2.02. The van der Waals surface area contributed by atoms with E-state index in [2.05, 4.69) is 0 Å². The lowest BCUT2D eigenvalue weighted by Gasteiger charge is -2.15. The number of phenols is 1. The Hall–Kier alpha value is -1.85. The number of hydrogen-bond donors (Lipinski definition) is 3. The van der Waals surface area contributed by atoms with Gasteiger partial charge in [0.1, 0.15) is 11.5 Å². The standard InChI is InChI=1S/C20H27O6P/c1-13(2)18-9-16(5-6-20(18)21)10-25-11-19-14(3)7-17(8-15(19)4)26-12-27(22,23)24/h5-9,13,21H,10-12H2,1-4H3,(H2,22,23,24). The molecule has 0 saturated carbocycles. The third-order valence-corrected chi connectivity index (χ3v) is 4.76. The predicted octanol–water partition coefficient (Wildman–Crippen LogP) is 4.36. The molecule has 0 aliphatic rings. The van der Waals surface area contributed by atoms with Crippen molar-refractivity contribution < 1.29 is 28.9 Å². The maximum Gasteiger partial charge on any atom is 0.362 e. The van der Waals surface area contributed by atoms with Crippen LogP contribution in [0.3, 0.4) is 0 Å². The second kappa shape index (κ2) is 8.89. The second-order valence-electron chi connectivity index (χ2n) is 7.01. The first-order chi connectivity index (χ1) is 12.6. The van der Waals surface area contributed by atoms with E-state index < -0.39 is 13.9 Å². The van der Waals surface area contributed by atoms with Crippen LogP contribution in [0.2, 0.25) is 0 Å². The van der Waals surface area contributed by atoms with Crippen LogP contribution in [-0.4, -0.2) is 21.2 Å². The first kappa shape index (κ1) is 21.5. The van der Waals surface area contributed by atoms with Crippen molar-refractivity contribution in [2.24, 2.45) is 0 Å². The Morgan fingerprint density at radius 1 is 1.04 bits per heavy atom. The minimum absolute atomic E-state index is 0.232. The number of hydrogen-bond acceptors (Lipinski definition) is 4. The van der Waals surface area contributed by atoms with Gasteiger partial charge < -0.3 is 24.4 Å². The Labute approximate surface area is 159 Å². The normalized spacial score (nSPS) is 11.8. The highest BCUT2D eigenvalue weighted by molar-refractivity contribution is 7.51. The van der Waals surface area contributed by atoms with Crippen LogP contribution in [0.25, 0.3) is 0 Å². The minimum atomic E-state index is -4.20. The smallest absolute Gasteiger partial charge is 0.362 e. The number of phenolic OH excluding ortho intramolecular Hbond substituents is 1. The average molecular weight is 394 g/mol. The summed E-state index contributed by atoms with van der Waals surface area (Å²) in [6.07, 6.45) is -0.638. The molecule has 0 aliphatic heterocycles. The lowest BCUT2D eigenvalue weighted by Crippen LogP contribution is -2.03. The van der Waals surface area contributed by atoms with Crippen LogP contribution < -0.4 is 4.74 Å². The fraction of sp³-hybridized carbons (Fsp3) is 0.400. The van der Waals surface area contributed by atoms with E-state index in [0.29, 0.717) is 24.7 Å². The first-order valence-electron chi connectivity index (χ1n) is 8.74. The molecule has 0 unspecified atom stereocenters. The molecule has 0 aromatic heterocycles. The Morgan fingerprint density at radius 3 is 2.22 bits per heavy atom. The lowest BCUT2D eigenvalue weighted by atomic mass is 10.00. The molecule has 0 spiro atoms. The van der Waals surface area contributed by atoms with Gasteiger partial charge in [-0.05, 0) is 71.8 Å². The maximum absolute atomic E-state index is 10.9. The molecule has 0 heterocycles. The summed E-state index contributed by atoms with van der Waals surface area (Å²) < 4.78 is 22.0. The summed E-state index contributed by atoms with van der Waals surface area (Å²) >= 11 is 0. The third-order valence-electron chi connectivity index (χ3n) is 4.30. The summed E-state index contributed by atoms with van der Waals surface area (Å²) in [6, 6.07) is 8.99. The van der Waals surface area contributed by atoms with Crippen LogP contribution in [-0.2, 0) is 22.5 Å². The topological polar surface area (TPSA) is 96.2 Å². The molecule has 2 aromatic carbocycles. The zero-order valence-electron chi connectivity index (χ0n) is 16.1. The van der Waals surface area contributed by atoms with Crippen LogP contribution in [0.15, 0.2) is 30.3 Å². The van der Waals surface area contributed by atoms with Crippen molar-refractivity contribution in [1.29, 1.82) is 0 Å². The van der Waals surface area contributed by atoms with E-state index in [9.17, 15) is 9.67 Å². The SMILES string of the molecule is Cc1cc(OCP(=O)(O)O)cc(C)c1COCc1ccc(O)c(C(C)C)c1. The number of aryl methyl sites for hydroxylation is 2. The zero-order chi connectivity index (χ0) is 20.2. The fourth-order valence-electron chi connectivity index (χ4n) is 2.85. The quantitative estimate of drug-likeness (QED) is 0.576. The van der Waals surface area contributed by atoms with Crippen molar-refractivity contribution in [3.05, 3.63) is 58.1 Å². The van der Waals surface area contributed by atoms with Crippen molar-refractivity contribution in [1.82, 2.24) is 0 Å². The molecule has 0 bridgehead atoms. The van der Waals surface area contributed by atoms with Gasteiger partial charge in [-0.15, -0.1) is 0 Å². The van der Waals surface area contributed by atoms with E-state index in [0.717, 1.165) is 27.8 Å². The van der Waals surface area contributed by atoms with Crippen molar-refractivity contribution in [2.75, 3.05) is 6.35 Å². The molecule has 0 fully saturated rings. The Kier molecular flexibility index (Phi) is 7.06. The van der Waals surface area contributed by atoms with Gasteiger partial charge in [-0.1, -0.05) is 19.9 Å². The number of benzene rings is 2. The van der Waals surface area contributed by atoms with E-state index in [1.807, 2.05) is 39.8 Å². The van der Waals surface area contributed by atoms with Crippen molar-refractivity contribution in [3.8, 4) is 11.5 Å². The molecule has 3 N–H and O–H groups in total. The summed E-state index contributed by atoms with van der Waals surface area (Å²) in [6.45, 7) is 8.72. The van der Waals surface area contributed by atoms with Gasteiger partial charge in [-0.25, -0.2) is 0 Å². The van der Waals surface area contributed by atoms with Gasteiger partial charge >= 0.3 is 7.60 Å². The van der Waals surface area contributed by atoms with Gasteiger partial charge in [0.05, 0.1) is 13.2 Å². The van der Waals surface area contributed by atoms with Crippen molar-refractivity contribution in [2.45, 2.75) is 46.8 Å².